The van der Waals surface area contributed by atoms with Gasteiger partial charge >= 0.3 is 0 Å². The quantitative estimate of drug-likeness (QED) is 0.407. The summed E-state index contributed by atoms with van der Waals surface area (Å²) in [6.07, 6.45) is 12.3. The standard InChI is InChI=1S/C19H29Cl/c1-2-3-4-5-16-6-10-18(11-7-16)19-12-8-17(9-13-19)14-15-20/h8-9,12-13,16,18H,2-7,10-11,14-15H2,1H3. The fourth-order valence-corrected chi connectivity index (χ4v) is 3.75. The predicted molar refractivity (Wildman–Crippen MR) is 89.7 cm³/mol. The maximum Gasteiger partial charge on any atom is 0.0263 e. The van der Waals surface area contributed by atoms with Gasteiger partial charge in [0.1, 0.15) is 0 Å². The number of unbranched alkanes of at least 4 members (excludes halogenated alkanes) is 2. The van der Waals surface area contributed by atoms with E-state index in [1.807, 2.05) is 0 Å². The lowest BCUT2D eigenvalue weighted by Gasteiger charge is -2.29. The fourth-order valence-electron chi connectivity index (χ4n) is 3.53. The normalized spacial score (nSPS) is 22.9. The number of hydrogen-bond acceptors (Lipinski definition) is 0. The van der Waals surface area contributed by atoms with Gasteiger partial charge in [0.05, 0.1) is 0 Å². The second kappa shape index (κ2) is 8.72. The molecule has 1 saturated carbocycles. The summed E-state index contributed by atoms with van der Waals surface area (Å²) < 4.78 is 0. The van der Waals surface area contributed by atoms with Crippen LogP contribution in [0, 0.1) is 5.92 Å². The van der Waals surface area contributed by atoms with Crippen molar-refractivity contribution in [3.05, 3.63) is 35.4 Å². The van der Waals surface area contributed by atoms with Crippen molar-refractivity contribution >= 4 is 11.6 Å². The van der Waals surface area contributed by atoms with Crippen LogP contribution >= 0.6 is 11.6 Å². The molecule has 1 aliphatic rings. The Morgan fingerprint density at radius 2 is 1.70 bits per heavy atom. The van der Waals surface area contributed by atoms with Crippen molar-refractivity contribution in [2.45, 2.75) is 70.6 Å². The molecular weight excluding hydrogens is 264 g/mol. The molecule has 0 N–H and O–H groups in total. The van der Waals surface area contributed by atoms with Gasteiger partial charge in [-0.2, -0.15) is 0 Å². The largest absolute Gasteiger partial charge is 0.126 e. The Labute approximate surface area is 129 Å². The molecule has 1 fully saturated rings. The molecule has 1 aliphatic carbocycles. The van der Waals surface area contributed by atoms with Gasteiger partial charge in [-0.05, 0) is 55.1 Å². The van der Waals surface area contributed by atoms with E-state index in [2.05, 4.69) is 31.2 Å². The molecule has 1 aromatic rings. The molecule has 112 valence electrons. The predicted octanol–water partition coefficient (Wildman–Crippen LogP) is 6.32. The monoisotopic (exact) mass is 292 g/mol. The molecular formula is C19H29Cl. The third-order valence-corrected chi connectivity index (χ3v) is 5.09. The lowest BCUT2D eigenvalue weighted by molar-refractivity contribution is 0.303. The van der Waals surface area contributed by atoms with Gasteiger partial charge in [0.15, 0.2) is 0 Å². The highest BCUT2D eigenvalue weighted by atomic mass is 35.5. The Morgan fingerprint density at radius 3 is 2.30 bits per heavy atom. The zero-order chi connectivity index (χ0) is 14.2. The van der Waals surface area contributed by atoms with Crippen molar-refractivity contribution in [3.63, 3.8) is 0 Å². The first kappa shape index (κ1) is 15.9. The van der Waals surface area contributed by atoms with Crippen LogP contribution in [0.25, 0.3) is 0 Å². The zero-order valence-electron chi connectivity index (χ0n) is 12.9. The van der Waals surface area contributed by atoms with Crippen molar-refractivity contribution in [2.75, 3.05) is 5.88 Å². The Morgan fingerprint density at radius 1 is 1.00 bits per heavy atom. The summed E-state index contributed by atoms with van der Waals surface area (Å²) in [6.45, 7) is 2.30. The number of aryl methyl sites for hydroxylation is 1. The van der Waals surface area contributed by atoms with Crippen molar-refractivity contribution < 1.29 is 0 Å². The highest BCUT2D eigenvalue weighted by Gasteiger charge is 2.21. The molecule has 0 saturated heterocycles. The molecule has 0 bridgehead atoms. The van der Waals surface area contributed by atoms with Gasteiger partial charge in [-0.1, -0.05) is 56.9 Å². The third kappa shape index (κ3) is 4.81. The van der Waals surface area contributed by atoms with Gasteiger partial charge in [-0.15, -0.1) is 11.6 Å². The summed E-state index contributed by atoms with van der Waals surface area (Å²) in [6, 6.07) is 9.21. The number of rotatable bonds is 7. The van der Waals surface area contributed by atoms with E-state index in [0.717, 1.165) is 24.1 Å². The molecule has 0 aromatic heterocycles. The summed E-state index contributed by atoms with van der Waals surface area (Å²) >= 11 is 5.79. The Balaban J connectivity index is 1.78. The van der Waals surface area contributed by atoms with E-state index in [4.69, 9.17) is 11.6 Å². The van der Waals surface area contributed by atoms with Crippen molar-refractivity contribution in [1.29, 1.82) is 0 Å². The van der Waals surface area contributed by atoms with Crippen LogP contribution in [0.15, 0.2) is 24.3 Å². The summed E-state index contributed by atoms with van der Waals surface area (Å²) in [5.41, 5.74) is 2.92. The molecule has 0 amide bonds. The summed E-state index contributed by atoms with van der Waals surface area (Å²) in [7, 11) is 0. The number of hydrogen-bond donors (Lipinski definition) is 0. The van der Waals surface area contributed by atoms with Gasteiger partial charge in [-0.25, -0.2) is 0 Å². The van der Waals surface area contributed by atoms with Gasteiger partial charge in [-0.3, -0.25) is 0 Å². The van der Waals surface area contributed by atoms with Gasteiger partial charge < -0.3 is 0 Å². The van der Waals surface area contributed by atoms with Gasteiger partial charge in [0, 0.05) is 5.88 Å². The van der Waals surface area contributed by atoms with E-state index in [1.54, 1.807) is 5.56 Å². The van der Waals surface area contributed by atoms with Crippen molar-refractivity contribution in [2.24, 2.45) is 5.92 Å². The minimum Gasteiger partial charge on any atom is -0.126 e. The lowest BCUT2D eigenvalue weighted by Crippen LogP contribution is -2.13. The molecule has 2 rings (SSSR count). The molecule has 0 spiro atoms. The molecule has 1 aromatic carbocycles. The summed E-state index contributed by atoms with van der Waals surface area (Å²) in [5.74, 6) is 2.54. The Bertz CT molecular complexity index is 360. The molecule has 0 radical (unpaired) electrons. The van der Waals surface area contributed by atoms with E-state index in [0.29, 0.717) is 0 Å². The van der Waals surface area contributed by atoms with Gasteiger partial charge in [0.2, 0.25) is 0 Å². The average Bonchev–Trinajstić information content (AvgIpc) is 2.49. The first-order valence-corrected chi connectivity index (χ1v) is 9.01. The van der Waals surface area contributed by atoms with Crippen LogP contribution in [0.1, 0.15) is 75.3 Å². The first-order chi connectivity index (χ1) is 9.83. The molecule has 1 heteroatoms. The highest BCUT2D eigenvalue weighted by molar-refractivity contribution is 6.17. The maximum atomic E-state index is 5.79. The zero-order valence-corrected chi connectivity index (χ0v) is 13.7. The average molecular weight is 293 g/mol. The molecule has 20 heavy (non-hydrogen) atoms. The molecule has 0 atom stereocenters. The number of benzene rings is 1. The SMILES string of the molecule is CCCCCC1CCC(c2ccc(CCCl)cc2)CC1. The second-order valence-electron chi connectivity index (χ2n) is 6.39. The first-order valence-electron chi connectivity index (χ1n) is 8.48. The van der Waals surface area contributed by atoms with Crippen LogP contribution in [0.5, 0.6) is 0 Å². The Hall–Kier alpha value is -0.490. The van der Waals surface area contributed by atoms with Gasteiger partial charge in [0.25, 0.3) is 0 Å². The third-order valence-electron chi connectivity index (χ3n) is 4.90. The molecule has 0 nitrogen and oxygen atoms in total. The Kier molecular flexibility index (Phi) is 6.93. The minimum atomic E-state index is 0.724. The second-order valence-corrected chi connectivity index (χ2v) is 6.77. The smallest absolute Gasteiger partial charge is 0.0263 e. The van der Waals surface area contributed by atoms with Crippen molar-refractivity contribution in [1.82, 2.24) is 0 Å². The van der Waals surface area contributed by atoms with Crippen LogP contribution in [0.4, 0.5) is 0 Å². The van der Waals surface area contributed by atoms with Crippen LogP contribution in [-0.4, -0.2) is 5.88 Å². The van der Waals surface area contributed by atoms with Crippen LogP contribution < -0.4 is 0 Å². The maximum absolute atomic E-state index is 5.79. The van der Waals surface area contributed by atoms with E-state index in [9.17, 15) is 0 Å². The van der Waals surface area contributed by atoms with Crippen LogP contribution in [-0.2, 0) is 6.42 Å². The van der Waals surface area contributed by atoms with Crippen LogP contribution in [0.2, 0.25) is 0 Å². The van der Waals surface area contributed by atoms with E-state index in [-0.39, 0.29) is 0 Å². The highest BCUT2D eigenvalue weighted by Crippen LogP contribution is 2.37. The van der Waals surface area contributed by atoms with E-state index >= 15 is 0 Å². The summed E-state index contributed by atoms with van der Waals surface area (Å²) in [5, 5.41) is 0. The number of alkyl halides is 1. The summed E-state index contributed by atoms with van der Waals surface area (Å²) in [4.78, 5) is 0. The number of halogens is 1. The molecule has 0 heterocycles. The van der Waals surface area contributed by atoms with Crippen LogP contribution in [0.3, 0.4) is 0 Å². The topological polar surface area (TPSA) is 0 Å². The molecule has 0 aliphatic heterocycles. The fraction of sp³-hybridized carbons (Fsp3) is 0.684. The van der Waals surface area contributed by atoms with E-state index < -0.39 is 0 Å². The lowest BCUT2D eigenvalue weighted by atomic mass is 9.77. The molecule has 0 unspecified atom stereocenters. The van der Waals surface area contributed by atoms with Crippen molar-refractivity contribution in [3.8, 4) is 0 Å². The van der Waals surface area contributed by atoms with E-state index in [1.165, 1.54) is 56.9 Å². The minimum absolute atomic E-state index is 0.724.